The number of aryl methyl sites for hydroxylation is 1. The number of hydrogen-bond donors (Lipinski definition) is 2. The van der Waals surface area contributed by atoms with Crippen LogP contribution in [-0.4, -0.2) is 22.2 Å². The van der Waals surface area contributed by atoms with Crippen LogP contribution in [0.3, 0.4) is 0 Å². The maximum atomic E-state index is 13.2. The van der Waals surface area contributed by atoms with E-state index >= 15 is 0 Å². The first-order valence-corrected chi connectivity index (χ1v) is 6.34. The van der Waals surface area contributed by atoms with Gasteiger partial charge < -0.3 is 11.1 Å². The standard InChI is InChI=1S/C15H15FN4O/c1-20-10-11(9-19-20)8-18-15(21)14-5-4-13(16)7-12(14)3-2-6-17/h4-5,7,9-10H,6,8,17H2,1H3,(H,18,21). The molecule has 5 nitrogen and oxygen atoms in total. The second-order valence-corrected chi connectivity index (χ2v) is 4.40. The lowest BCUT2D eigenvalue weighted by atomic mass is 10.1. The van der Waals surface area contributed by atoms with Crippen molar-refractivity contribution in [1.82, 2.24) is 15.1 Å². The summed E-state index contributed by atoms with van der Waals surface area (Å²) in [5.41, 5.74) is 6.82. The number of carbonyl (C=O) groups excluding carboxylic acids is 1. The highest BCUT2D eigenvalue weighted by Crippen LogP contribution is 2.10. The fraction of sp³-hybridized carbons (Fsp3) is 0.200. The van der Waals surface area contributed by atoms with Crippen molar-refractivity contribution in [2.75, 3.05) is 6.54 Å². The van der Waals surface area contributed by atoms with Crippen molar-refractivity contribution >= 4 is 5.91 Å². The molecule has 108 valence electrons. The van der Waals surface area contributed by atoms with E-state index in [-0.39, 0.29) is 12.5 Å². The maximum Gasteiger partial charge on any atom is 0.252 e. The number of nitrogens with zero attached hydrogens (tertiary/aromatic N) is 2. The highest BCUT2D eigenvalue weighted by Gasteiger charge is 2.11. The molecule has 2 aromatic rings. The molecule has 0 aliphatic heterocycles. The first-order valence-electron chi connectivity index (χ1n) is 6.34. The summed E-state index contributed by atoms with van der Waals surface area (Å²) in [6, 6.07) is 3.86. The van der Waals surface area contributed by atoms with Gasteiger partial charge in [0.05, 0.1) is 18.3 Å². The predicted molar refractivity (Wildman–Crippen MR) is 76.7 cm³/mol. The molecule has 0 radical (unpaired) electrons. The Kier molecular flexibility index (Phi) is 4.69. The van der Waals surface area contributed by atoms with Crippen molar-refractivity contribution in [2.24, 2.45) is 12.8 Å². The Hall–Kier alpha value is -2.65. The molecule has 1 aromatic carbocycles. The van der Waals surface area contributed by atoms with Crippen LogP contribution >= 0.6 is 0 Å². The van der Waals surface area contributed by atoms with Crippen molar-refractivity contribution < 1.29 is 9.18 Å². The zero-order valence-electron chi connectivity index (χ0n) is 11.6. The largest absolute Gasteiger partial charge is 0.348 e. The van der Waals surface area contributed by atoms with Gasteiger partial charge in [-0.2, -0.15) is 5.10 Å². The van der Waals surface area contributed by atoms with E-state index in [4.69, 9.17) is 5.73 Å². The van der Waals surface area contributed by atoms with Gasteiger partial charge >= 0.3 is 0 Å². The van der Waals surface area contributed by atoms with E-state index in [1.165, 1.54) is 18.2 Å². The van der Waals surface area contributed by atoms with Crippen LogP contribution in [0.4, 0.5) is 4.39 Å². The quantitative estimate of drug-likeness (QED) is 0.820. The maximum absolute atomic E-state index is 13.2. The minimum Gasteiger partial charge on any atom is -0.348 e. The molecule has 1 amide bonds. The predicted octanol–water partition coefficient (Wildman–Crippen LogP) is 0.799. The Morgan fingerprint density at radius 3 is 3.00 bits per heavy atom. The van der Waals surface area contributed by atoms with Gasteiger partial charge in [-0.25, -0.2) is 4.39 Å². The molecule has 0 saturated heterocycles. The molecular formula is C15H15FN4O. The van der Waals surface area contributed by atoms with Crippen molar-refractivity contribution in [3.05, 3.63) is 53.1 Å². The monoisotopic (exact) mass is 286 g/mol. The SMILES string of the molecule is Cn1cc(CNC(=O)c2ccc(F)cc2C#CCN)cn1. The number of nitrogens with one attached hydrogen (secondary N) is 1. The van der Waals surface area contributed by atoms with E-state index in [1.807, 2.05) is 0 Å². The molecule has 0 saturated carbocycles. The highest BCUT2D eigenvalue weighted by molar-refractivity contribution is 5.96. The summed E-state index contributed by atoms with van der Waals surface area (Å²) in [5.74, 6) is 4.56. The van der Waals surface area contributed by atoms with Gasteiger partial charge in [-0.15, -0.1) is 0 Å². The number of nitrogens with two attached hydrogens (primary N) is 1. The average molecular weight is 286 g/mol. The summed E-state index contributed by atoms with van der Waals surface area (Å²) in [6.07, 6.45) is 3.47. The fourth-order valence-electron chi connectivity index (χ4n) is 1.80. The van der Waals surface area contributed by atoms with Crippen LogP contribution in [0.15, 0.2) is 30.6 Å². The molecule has 1 heterocycles. The van der Waals surface area contributed by atoms with E-state index < -0.39 is 5.82 Å². The molecule has 6 heteroatoms. The molecule has 0 aliphatic carbocycles. The smallest absolute Gasteiger partial charge is 0.252 e. The second-order valence-electron chi connectivity index (χ2n) is 4.40. The van der Waals surface area contributed by atoms with E-state index in [1.54, 1.807) is 24.1 Å². The molecule has 0 unspecified atom stereocenters. The molecule has 0 atom stereocenters. The van der Waals surface area contributed by atoms with Gasteiger partial charge in [0.15, 0.2) is 0 Å². The summed E-state index contributed by atoms with van der Waals surface area (Å²) in [4.78, 5) is 12.2. The Balaban J connectivity index is 2.14. The molecule has 3 N–H and O–H groups in total. The van der Waals surface area contributed by atoms with Gasteiger partial charge in [-0.3, -0.25) is 9.48 Å². The Labute approximate surface area is 122 Å². The lowest BCUT2D eigenvalue weighted by Gasteiger charge is -2.06. The lowest BCUT2D eigenvalue weighted by molar-refractivity contribution is 0.0950. The van der Waals surface area contributed by atoms with Gasteiger partial charge in [0.1, 0.15) is 5.82 Å². The molecule has 0 aliphatic rings. The van der Waals surface area contributed by atoms with Crippen molar-refractivity contribution in [2.45, 2.75) is 6.54 Å². The summed E-state index contributed by atoms with van der Waals surface area (Å²) in [5, 5.41) is 6.77. The highest BCUT2D eigenvalue weighted by atomic mass is 19.1. The summed E-state index contributed by atoms with van der Waals surface area (Å²) >= 11 is 0. The summed E-state index contributed by atoms with van der Waals surface area (Å²) < 4.78 is 14.9. The Morgan fingerprint density at radius 1 is 1.52 bits per heavy atom. The van der Waals surface area contributed by atoms with Crippen LogP contribution in [0, 0.1) is 17.7 Å². The van der Waals surface area contributed by atoms with E-state index in [0.29, 0.717) is 17.7 Å². The van der Waals surface area contributed by atoms with Crippen molar-refractivity contribution in [1.29, 1.82) is 0 Å². The molecular weight excluding hydrogens is 271 g/mol. The first kappa shape index (κ1) is 14.8. The third kappa shape index (κ3) is 3.91. The Morgan fingerprint density at radius 2 is 2.33 bits per heavy atom. The molecule has 0 spiro atoms. The van der Waals surface area contributed by atoms with Gasteiger partial charge in [-0.1, -0.05) is 11.8 Å². The van der Waals surface area contributed by atoms with Gasteiger partial charge in [0.25, 0.3) is 5.91 Å². The number of benzene rings is 1. The van der Waals surface area contributed by atoms with Crippen molar-refractivity contribution in [3.8, 4) is 11.8 Å². The third-order valence-electron chi connectivity index (χ3n) is 2.76. The lowest BCUT2D eigenvalue weighted by Crippen LogP contribution is -2.23. The third-order valence-corrected chi connectivity index (χ3v) is 2.76. The average Bonchev–Trinajstić information content (AvgIpc) is 2.88. The number of aromatic nitrogens is 2. The van der Waals surface area contributed by atoms with Crippen molar-refractivity contribution in [3.63, 3.8) is 0 Å². The van der Waals surface area contributed by atoms with E-state index in [0.717, 1.165) is 5.56 Å². The minimum absolute atomic E-state index is 0.146. The number of halogens is 1. The molecule has 0 fully saturated rings. The molecule has 0 bridgehead atoms. The Bertz CT molecular complexity index is 712. The van der Waals surface area contributed by atoms with E-state index in [2.05, 4.69) is 22.3 Å². The summed E-state index contributed by atoms with van der Waals surface area (Å²) in [6.45, 7) is 0.487. The zero-order chi connectivity index (χ0) is 15.2. The molecule has 1 aromatic heterocycles. The zero-order valence-corrected chi connectivity index (χ0v) is 11.6. The minimum atomic E-state index is -0.444. The number of amides is 1. The molecule has 21 heavy (non-hydrogen) atoms. The number of carbonyl (C=O) groups is 1. The van der Waals surface area contributed by atoms with Gasteiger partial charge in [0, 0.05) is 30.9 Å². The normalized spacial score (nSPS) is 9.86. The van der Waals surface area contributed by atoms with Crippen LogP contribution in [-0.2, 0) is 13.6 Å². The number of hydrogen-bond acceptors (Lipinski definition) is 3. The van der Waals surface area contributed by atoms with Gasteiger partial charge in [0.2, 0.25) is 0 Å². The second kappa shape index (κ2) is 6.68. The summed E-state index contributed by atoms with van der Waals surface area (Å²) in [7, 11) is 1.80. The topological polar surface area (TPSA) is 72.9 Å². The van der Waals surface area contributed by atoms with Crippen LogP contribution in [0.25, 0.3) is 0 Å². The van der Waals surface area contributed by atoms with Crippen LogP contribution in [0.2, 0.25) is 0 Å². The fourth-order valence-corrected chi connectivity index (χ4v) is 1.80. The van der Waals surface area contributed by atoms with Crippen LogP contribution in [0.5, 0.6) is 0 Å². The number of rotatable bonds is 3. The van der Waals surface area contributed by atoms with Crippen LogP contribution < -0.4 is 11.1 Å². The van der Waals surface area contributed by atoms with E-state index in [9.17, 15) is 9.18 Å². The first-order chi connectivity index (χ1) is 10.1. The molecule has 2 rings (SSSR count). The van der Waals surface area contributed by atoms with Crippen LogP contribution in [0.1, 0.15) is 21.5 Å². The van der Waals surface area contributed by atoms with Gasteiger partial charge in [-0.05, 0) is 18.2 Å².